The van der Waals surface area contributed by atoms with Gasteiger partial charge in [0.1, 0.15) is 12.7 Å². The number of nitrogens with zero attached hydrogens (tertiary/aromatic N) is 2. The maximum Gasteiger partial charge on any atom is 0.191 e. The Bertz CT molecular complexity index is 560. The summed E-state index contributed by atoms with van der Waals surface area (Å²) in [6.07, 6.45) is 2.68. The molecule has 1 saturated carbocycles. The molecule has 1 aromatic carbocycles. The van der Waals surface area contributed by atoms with Crippen LogP contribution in [0.2, 0.25) is 0 Å². The lowest BCUT2D eigenvalue weighted by Crippen LogP contribution is -2.47. The zero-order valence-corrected chi connectivity index (χ0v) is 14.6. The molecule has 24 heavy (non-hydrogen) atoms. The monoisotopic (exact) mass is 332 g/mol. The van der Waals surface area contributed by atoms with Crippen molar-refractivity contribution in [1.82, 2.24) is 15.5 Å². The van der Waals surface area contributed by atoms with Crippen molar-refractivity contribution in [3.05, 3.63) is 24.3 Å². The van der Waals surface area contributed by atoms with Gasteiger partial charge in [0.05, 0.1) is 6.54 Å². The fourth-order valence-electron chi connectivity index (χ4n) is 2.95. The van der Waals surface area contributed by atoms with Crippen LogP contribution in [-0.4, -0.2) is 62.8 Å². The van der Waals surface area contributed by atoms with Crippen molar-refractivity contribution in [2.45, 2.75) is 31.9 Å². The smallest absolute Gasteiger partial charge is 0.191 e. The van der Waals surface area contributed by atoms with E-state index in [0.29, 0.717) is 13.2 Å². The molecular weight excluding hydrogens is 304 g/mol. The summed E-state index contributed by atoms with van der Waals surface area (Å²) in [5, 5.41) is 6.70. The van der Waals surface area contributed by atoms with Crippen molar-refractivity contribution >= 4 is 5.96 Å². The average Bonchev–Trinajstić information content (AvgIpc) is 3.46. The number of likely N-dealkylation sites (N-methyl/N-ethyl adjacent to an activating group) is 1. The molecule has 1 heterocycles. The van der Waals surface area contributed by atoms with Crippen molar-refractivity contribution < 1.29 is 9.47 Å². The van der Waals surface area contributed by atoms with Gasteiger partial charge < -0.3 is 20.1 Å². The van der Waals surface area contributed by atoms with Gasteiger partial charge in [-0.3, -0.25) is 9.89 Å². The van der Waals surface area contributed by atoms with Crippen LogP contribution in [0.3, 0.4) is 0 Å². The molecule has 3 rings (SSSR count). The fraction of sp³-hybridized carbons (Fsp3) is 0.611. The summed E-state index contributed by atoms with van der Waals surface area (Å²) in [6, 6.07) is 8.58. The highest BCUT2D eigenvalue weighted by Crippen LogP contribution is 2.30. The summed E-state index contributed by atoms with van der Waals surface area (Å²) in [4.78, 5) is 6.80. The first kappa shape index (κ1) is 16.9. The largest absolute Gasteiger partial charge is 0.486 e. The molecule has 1 unspecified atom stereocenters. The van der Waals surface area contributed by atoms with Crippen LogP contribution in [0, 0.1) is 0 Å². The molecule has 1 aliphatic heterocycles. The van der Waals surface area contributed by atoms with E-state index in [0.717, 1.165) is 43.1 Å². The highest BCUT2D eigenvalue weighted by atomic mass is 16.6. The summed E-state index contributed by atoms with van der Waals surface area (Å²) in [5.41, 5.74) is 0. The molecule has 0 radical (unpaired) electrons. The molecule has 2 N–H and O–H groups in total. The van der Waals surface area contributed by atoms with Crippen LogP contribution in [-0.2, 0) is 0 Å². The predicted octanol–water partition coefficient (Wildman–Crippen LogP) is 1.48. The molecule has 132 valence electrons. The first-order valence-electron chi connectivity index (χ1n) is 8.87. The van der Waals surface area contributed by atoms with Crippen LogP contribution in [0.5, 0.6) is 11.5 Å². The summed E-state index contributed by atoms with van der Waals surface area (Å²) >= 11 is 0. The third-order valence-electron chi connectivity index (χ3n) is 4.45. The third-order valence-corrected chi connectivity index (χ3v) is 4.45. The highest BCUT2D eigenvalue weighted by molar-refractivity contribution is 5.79. The Morgan fingerprint density at radius 2 is 2.04 bits per heavy atom. The van der Waals surface area contributed by atoms with E-state index < -0.39 is 0 Å². The number of hydrogen-bond donors (Lipinski definition) is 2. The van der Waals surface area contributed by atoms with Gasteiger partial charge in [-0.25, -0.2) is 0 Å². The van der Waals surface area contributed by atoms with Gasteiger partial charge >= 0.3 is 0 Å². The molecule has 0 saturated heterocycles. The number of hydrogen-bond acceptors (Lipinski definition) is 4. The van der Waals surface area contributed by atoms with E-state index in [1.165, 1.54) is 12.8 Å². The molecule has 2 aliphatic rings. The van der Waals surface area contributed by atoms with Gasteiger partial charge in [0.25, 0.3) is 0 Å². The number of fused-ring (bicyclic) bond motifs is 1. The third kappa shape index (κ3) is 4.54. The van der Waals surface area contributed by atoms with Gasteiger partial charge in [-0.2, -0.15) is 0 Å². The van der Waals surface area contributed by atoms with Crippen LogP contribution in [0.25, 0.3) is 0 Å². The summed E-state index contributed by atoms with van der Waals surface area (Å²) in [7, 11) is 1.79. The molecule has 0 spiro atoms. The Morgan fingerprint density at radius 1 is 1.25 bits per heavy atom. The Labute approximate surface area is 144 Å². The molecule has 6 nitrogen and oxygen atoms in total. The quantitative estimate of drug-likeness (QED) is 0.585. The molecular formula is C18H28N4O2. The summed E-state index contributed by atoms with van der Waals surface area (Å²) in [6.45, 7) is 6.50. The van der Waals surface area contributed by atoms with E-state index in [1.807, 2.05) is 24.3 Å². The molecule has 0 aromatic heterocycles. The van der Waals surface area contributed by atoms with Crippen molar-refractivity contribution in [3.63, 3.8) is 0 Å². The maximum absolute atomic E-state index is 5.95. The Morgan fingerprint density at radius 3 is 2.75 bits per heavy atom. The van der Waals surface area contributed by atoms with E-state index in [-0.39, 0.29) is 6.10 Å². The number of nitrogens with one attached hydrogen (secondary N) is 2. The molecule has 1 fully saturated rings. The Hall–Kier alpha value is -1.95. The van der Waals surface area contributed by atoms with Crippen LogP contribution < -0.4 is 20.1 Å². The number of rotatable bonds is 7. The zero-order chi connectivity index (χ0) is 16.8. The predicted molar refractivity (Wildman–Crippen MR) is 96.0 cm³/mol. The Kier molecular flexibility index (Phi) is 5.80. The minimum atomic E-state index is -0.0166. The number of aliphatic imine (C=N–C) groups is 1. The minimum absolute atomic E-state index is 0.0166. The molecule has 1 atom stereocenters. The van der Waals surface area contributed by atoms with E-state index in [9.17, 15) is 0 Å². The molecule has 1 aromatic rings. The van der Waals surface area contributed by atoms with Gasteiger partial charge in [0, 0.05) is 26.2 Å². The van der Waals surface area contributed by atoms with Crippen molar-refractivity contribution in [1.29, 1.82) is 0 Å². The normalized spacial score (nSPS) is 20.1. The first-order chi connectivity index (χ1) is 11.8. The van der Waals surface area contributed by atoms with E-state index in [1.54, 1.807) is 7.05 Å². The van der Waals surface area contributed by atoms with Crippen LogP contribution >= 0.6 is 0 Å². The van der Waals surface area contributed by atoms with Gasteiger partial charge in [-0.05, 0) is 31.5 Å². The van der Waals surface area contributed by atoms with Crippen LogP contribution in [0.15, 0.2) is 29.3 Å². The van der Waals surface area contributed by atoms with Gasteiger partial charge in [-0.1, -0.05) is 19.1 Å². The first-order valence-corrected chi connectivity index (χ1v) is 8.87. The molecule has 0 bridgehead atoms. The zero-order valence-electron chi connectivity index (χ0n) is 14.6. The fourth-order valence-corrected chi connectivity index (χ4v) is 2.95. The number of ether oxygens (including phenoxy) is 2. The van der Waals surface area contributed by atoms with Crippen molar-refractivity contribution in [2.75, 3.05) is 39.8 Å². The second-order valence-electron chi connectivity index (χ2n) is 6.24. The van der Waals surface area contributed by atoms with Crippen LogP contribution in [0.4, 0.5) is 0 Å². The van der Waals surface area contributed by atoms with Crippen LogP contribution in [0.1, 0.15) is 19.8 Å². The second kappa shape index (κ2) is 8.24. The average molecular weight is 332 g/mol. The van der Waals surface area contributed by atoms with Gasteiger partial charge in [0.2, 0.25) is 0 Å². The minimum Gasteiger partial charge on any atom is -0.486 e. The van der Waals surface area contributed by atoms with E-state index in [2.05, 4.69) is 27.4 Å². The number of guanidine groups is 1. The lowest BCUT2D eigenvalue weighted by atomic mass is 10.2. The van der Waals surface area contributed by atoms with Crippen molar-refractivity contribution in [3.8, 4) is 11.5 Å². The summed E-state index contributed by atoms with van der Waals surface area (Å²) in [5.74, 6) is 2.43. The summed E-state index contributed by atoms with van der Waals surface area (Å²) < 4.78 is 11.7. The topological polar surface area (TPSA) is 58.1 Å². The number of benzene rings is 1. The maximum atomic E-state index is 5.95. The van der Waals surface area contributed by atoms with Gasteiger partial charge in [0.15, 0.2) is 17.5 Å². The molecule has 1 aliphatic carbocycles. The van der Waals surface area contributed by atoms with E-state index >= 15 is 0 Å². The highest BCUT2D eigenvalue weighted by Gasteiger charge is 2.27. The lowest BCUT2D eigenvalue weighted by molar-refractivity contribution is 0.0936. The molecule has 0 amide bonds. The van der Waals surface area contributed by atoms with Gasteiger partial charge in [-0.15, -0.1) is 0 Å². The standard InChI is InChI=1S/C18H28N4O2/c1-3-22(14-8-9-14)11-10-20-18(19-2)21-12-15-13-23-16-6-4-5-7-17(16)24-15/h4-7,14-15H,3,8-13H2,1-2H3,(H2,19,20,21). The lowest BCUT2D eigenvalue weighted by Gasteiger charge is -2.27. The second-order valence-corrected chi connectivity index (χ2v) is 6.24. The Balaban J connectivity index is 1.38. The number of para-hydroxylation sites is 2. The molecule has 6 heteroatoms. The van der Waals surface area contributed by atoms with E-state index in [4.69, 9.17) is 9.47 Å². The SMILES string of the molecule is CCN(CCNC(=NC)NCC1COc2ccccc2O1)C1CC1. The van der Waals surface area contributed by atoms with Crippen molar-refractivity contribution in [2.24, 2.45) is 4.99 Å².